The van der Waals surface area contributed by atoms with Gasteiger partial charge in [-0.05, 0) is 32.4 Å². The lowest BCUT2D eigenvalue weighted by Gasteiger charge is -2.16. The molecule has 0 saturated heterocycles. The van der Waals surface area contributed by atoms with Crippen LogP contribution in [0.15, 0.2) is 4.79 Å². The van der Waals surface area contributed by atoms with Crippen LogP contribution in [-0.4, -0.2) is 58.2 Å². The second kappa shape index (κ2) is 10.3. The first-order chi connectivity index (χ1) is 13.4. The molecule has 0 fully saturated rings. The number of carbonyl (C=O) groups is 2. The van der Waals surface area contributed by atoms with E-state index in [9.17, 15) is 22.8 Å². The number of rotatable bonds is 6. The third-order valence-corrected chi connectivity index (χ3v) is 5.13. The predicted molar refractivity (Wildman–Crippen MR) is 103 cm³/mol. The number of nitrogens with two attached hydrogens (primary N) is 1. The van der Waals surface area contributed by atoms with Crippen LogP contribution in [0.4, 0.5) is 13.2 Å². The molecule has 0 atom stereocenters. The van der Waals surface area contributed by atoms with E-state index in [2.05, 4.69) is 9.97 Å². The fourth-order valence-corrected chi connectivity index (χ4v) is 3.34. The highest BCUT2D eigenvalue weighted by Crippen LogP contribution is 2.25. The molecule has 2 aromatic rings. The Morgan fingerprint density at radius 3 is 2.41 bits per heavy atom. The highest BCUT2D eigenvalue weighted by atomic mass is 32.1. The fourth-order valence-electron chi connectivity index (χ4n) is 2.29. The largest absolute Gasteiger partial charge is 0.490 e. The summed E-state index contributed by atoms with van der Waals surface area (Å²) in [5.74, 6) is -2.15. The zero-order valence-electron chi connectivity index (χ0n) is 16.2. The number of carboxylic acid groups (broad SMARTS) is 1. The molecular formula is C17H23F3N4O4S. The molecule has 0 bridgehead atoms. The van der Waals surface area contributed by atoms with Gasteiger partial charge in [-0.3, -0.25) is 9.59 Å². The lowest BCUT2D eigenvalue weighted by atomic mass is 10.2. The summed E-state index contributed by atoms with van der Waals surface area (Å²) >= 11 is 1.52. The van der Waals surface area contributed by atoms with E-state index >= 15 is 0 Å². The monoisotopic (exact) mass is 436 g/mol. The SMILES string of the molecule is Cc1sc2nc(CCC(=O)N(C)CCCN)[nH]c(=O)c2c1C.O=C(O)C(F)(F)F. The number of amides is 1. The standard InChI is InChI=1S/C15H22N4O2S.C2HF3O2/c1-9-10(2)22-15-13(9)14(21)17-11(18-15)5-6-12(20)19(3)8-4-7-16;3-2(4,5)1(6)7/h4-8,16H2,1-3H3,(H,17,18,21);(H,6,7). The van der Waals surface area contributed by atoms with Crippen molar-refractivity contribution in [3.63, 3.8) is 0 Å². The molecule has 4 N–H and O–H groups in total. The van der Waals surface area contributed by atoms with Gasteiger partial charge in [0.05, 0.1) is 5.39 Å². The summed E-state index contributed by atoms with van der Waals surface area (Å²) in [7, 11) is 1.77. The van der Waals surface area contributed by atoms with Crippen molar-refractivity contribution in [1.82, 2.24) is 14.9 Å². The summed E-state index contributed by atoms with van der Waals surface area (Å²) in [4.78, 5) is 43.8. The van der Waals surface area contributed by atoms with Gasteiger partial charge in [-0.2, -0.15) is 13.2 Å². The Bertz CT molecular complexity index is 924. The van der Waals surface area contributed by atoms with Gasteiger partial charge in [0, 0.05) is 31.3 Å². The van der Waals surface area contributed by atoms with Gasteiger partial charge in [-0.1, -0.05) is 0 Å². The summed E-state index contributed by atoms with van der Waals surface area (Å²) in [6.07, 6.45) is -3.52. The molecule has 12 heteroatoms. The van der Waals surface area contributed by atoms with Gasteiger partial charge in [0.15, 0.2) is 0 Å². The Hall–Kier alpha value is -2.47. The van der Waals surface area contributed by atoms with Crippen LogP contribution in [0.1, 0.15) is 29.1 Å². The minimum absolute atomic E-state index is 0.0368. The zero-order valence-corrected chi connectivity index (χ0v) is 17.0. The van der Waals surface area contributed by atoms with Gasteiger partial charge in [-0.25, -0.2) is 9.78 Å². The summed E-state index contributed by atoms with van der Waals surface area (Å²) in [5.41, 5.74) is 6.30. The molecular weight excluding hydrogens is 413 g/mol. The molecule has 2 aromatic heterocycles. The maximum atomic E-state index is 12.2. The van der Waals surface area contributed by atoms with Gasteiger partial charge in [0.2, 0.25) is 5.91 Å². The predicted octanol–water partition coefficient (Wildman–Crippen LogP) is 1.97. The minimum Gasteiger partial charge on any atom is -0.475 e. The number of fused-ring (bicyclic) bond motifs is 1. The number of thiophene rings is 1. The number of aliphatic carboxylic acids is 1. The van der Waals surface area contributed by atoms with E-state index in [1.54, 1.807) is 11.9 Å². The average molecular weight is 436 g/mol. The maximum absolute atomic E-state index is 12.2. The molecule has 29 heavy (non-hydrogen) atoms. The van der Waals surface area contributed by atoms with E-state index in [4.69, 9.17) is 15.6 Å². The summed E-state index contributed by atoms with van der Waals surface area (Å²) in [6, 6.07) is 0. The molecule has 0 aliphatic rings. The van der Waals surface area contributed by atoms with Crippen LogP contribution < -0.4 is 11.3 Å². The number of aromatic nitrogens is 2. The van der Waals surface area contributed by atoms with Crippen LogP contribution in [0.3, 0.4) is 0 Å². The van der Waals surface area contributed by atoms with E-state index < -0.39 is 12.1 Å². The number of aromatic amines is 1. The fraction of sp³-hybridized carbons (Fsp3) is 0.529. The van der Waals surface area contributed by atoms with Crippen molar-refractivity contribution in [1.29, 1.82) is 0 Å². The number of nitrogens with one attached hydrogen (secondary N) is 1. The van der Waals surface area contributed by atoms with E-state index in [0.29, 0.717) is 37.1 Å². The van der Waals surface area contributed by atoms with Gasteiger partial charge < -0.3 is 20.7 Å². The Kier molecular flexibility index (Phi) is 8.77. The molecule has 0 saturated carbocycles. The third kappa shape index (κ3) is 7.13. The van der Waals surface area contributed by atoms with Crippen LogP contribution in [0.2, 0.25) is 0 Å². The molecule has 0 aromatic carbocycles. The quantitative estimate of drug-likeness (QED) is 0.635. The first-order valence-corrected chi connectivity index (χ1v) is 9.43. The maximum Gasteiger partial charge on any atom is 0.490 e. The van der Waals surface area contributed by atoms with Crippen LogP contribution in [-0.2, 0) is 16.0 Å². The summed E-state index contributed by atoms with van der Waals surface area (Å²) < 4.78 is 31.7. The number of carbonyl (C=O) groups excluding carboxylic acids is 1. The average Bonchev–Trinajstić information content (AvgIpc) is 2.91. The molecule has 2 heterocycles. The van der Waals surface area contributed by atoms with E-state index in [1.807, 2.05) is 13.8 Å². The number of H-pyrrole nitrogens is 1. The topological polar surface area (TPSA) is 129 Å². The molecule has 8 nitrogen and oxygen atoms in total. The molecule has 1 amide bonds. The van der Waals surface area contributed by atoms with E-state index in [0.717, 1.165) is 21.7 Å². The number of hydrogen-bond acceptors (Lipinski definition) is 6. The van der Waals surface area contributed by atoms with E-state index in [-0.39, 0.29) is 11.5 Å². The summed E-state index contributed by atoms with van der Waals surface area (Å²) in [5, 5.41) is 7.79. The molecule has 0 unspecified atom stereocenters. The number of carboxylic acids is 1. The Labute approximate surface area is 168 Å². The van der Waals surface area contributed by atoms with Crippen LogP contribution >= 0.6 is 11.3 Å². The lowest BCUT2D eigenvalue weighted by Crippen LogP contribution is -2.29. The molecule has 2 rings (SSSR count). The Morgan fingerprint density at radius 1 is 1.31 bits per heavy atom. The summed E-state index contributed by atoms with van der Waals surface area (Å²) in [6.45, 7) is 5.14. The van der Waals surface area contributed by atoms with Crippen molar-refractivity contribution in [3.05, 3.63) is 26.6 Å². The number of halogens is 3. The van der Waals surface area contributed by atoms with Crippen LogP contribution in [0.5, 0.6) is 0 Å². The van der Waals surface area contributed by atoms with Crippen LogP contribution in [0.25, 0.3) is 10.2 Å². The van der Waals surface area contributed by atoms with Gasteiger partial charge >= 0.3 is 12.1 Å². The highest BCUT2D eigenvalue weighted by molar-refractivity contribution is 7.18. The van der Waals surface area contributed by atoms with Gasteiger partial charge in [-0.15, -0.1) is 11.3 Å². The third-order valence-electron chi connectivity index (χ3n) is 4.03. The van der Waals surface area contributed by atoms with E-state index in [1.165, 1.54) is 11.3 Å². The number of alkyl halides is 3. The van der Waals surface area contributed by atoms with Crippen molar-refractivity contribution in [3.8, 4) is 0 Å². The number of hydrogen-bond donors (Lipinski definition) is 3. The molecule has 162 valence electrons. The van der Waals surface area contributed by atoms with Crippen LogP contribution in [0, 0.1) is 13.8 Å². The second-order valence-corrected chi connectivity index (χ2v) is 7.44. The smallest absolute Gasteiger partial charge is 0.475 e. The first kappa shape index (κ1) is 24.6. The number of aryl methyl sites for hydroxylation is 3. The van der Waals surface area contributed by atoms with Crippen molar-refractivity contribution < 1.29 is 27.9 Å². The zero-order chi connectivity index (χ0) is 22.4. The second-order valence-electron chi connectivity index (χ2n) is 6.24. The molecule has 0 spiro atoms. The normalized spacial score (nSPS) is 11.1. The minimum atomic E-state index is -5.08. The lowest BCUT2D eigenvalue weighted by molar-refractivity contribution is -0.192. The first-order valence-electron chi connectivity index (χ1n) is 8.61. The molecule has 0 radical (unpaired) electrons. The molecule has 0 aliphatic carbocycles. The highest BCUT2D eigenvalue weighted by Gasteiger charge is 2.38. The van der Waals surface area contributed by atoms with Crippen molar-refractivity contribution in [2.24, 2.45) is 5.73 Å². The molecule has 0 aliphatic heterocycles. The van der Waals surface area contributed by atoms with Crippen molar-refractivity contribution >= 4 is 33.4 Å². The Morgan fingerprint density at radius 2 is 1.90 bits per heavy atom. The Balaban J connectivity index is 0.000000516. The van der Waals surface area contributed by atoms with Gasteiger partial charge in [0.1, 0.15) is 10.7 Å². The number of nitrogens with zero attached hydrogens (tertiary/aromatic N) is 2. The van der Waals surface area contributed by atoms with Gasteiger partial charge in [0.25, 0.3) is 5.56 Å². The van der Waals surface area contributed by atoms with Crippen molar-refractivity contribution in [2.45, 2.75) is 39.3 Å². The van der Waals surface area contributed by atoms with Crippen molar-refractivity contribution in [2.75, 3.05) is 20.1 Å².